The van der Waals surface area contributed by atoms with Gasteiger partial charge in [0.15, 0.2) is 5.78 Å². The van der Waals surface area contributed by atoms with Gasteiger partial charge in [-0.1, -0.05) is 18.2 Å². The second-order valence-corrected chi connectivity index (χ2v) is 6.23. The summed E-state index contributed by atoms with van der Waals surface area (Å²) in [4.78, 5) is 24.7. The van der Waals surface area contributed by atoms with Gasteiger partial charge in [-0.2, -0.15) is 0 Å². The molecule has 0 fully saturated rings. The van der Waals surface area contributed by atoms with E-state index in [0.29, 0.717) is 28.3 Å². The molecule has 0 spiro atoms. The van der Waals surface area contributed by atoms with Gasteiger partial charge in [-0.3, -0.25) is 9.59 Å². The van der Waals surface area contributed by atoms with Crippen molar-refractivity contribution < 1.29 is 19.1 Å². The second-order valence-electron chi connectivity index (χ2n) is 6.23. The Labute approximate surface area is 169 Å². The van der Waals surface area contributed by atoms with Gasteiger partial charge in [-0.05, 0) is 72.3 Å². The number of methoxy groups -OCH3 is 2. The van der Waals surface area contributed by atoms with E-state index in [2.05, 4.69) is 5.32 Å². The number of hydrogen-bond donors (Lipinski definition) is 1. The molecular weight excluding hydrogens is 366 g/mol. The van der Waals surface area contributed by atoms with Crippen LogP contribution in [0.1, 0.15) is 26.3 Å². The minimum atomic E-state index is -0.219. The van der Waals surface area contributed by atoms with E-state index in [4.69, 9.17) is 9.47 Å². The minimum absolute atomic E-state index is 0.111. The van der Waals surface area contributed by atoms with E-state index in [1.807, 2.05) is 12.1 Å². The number of ether oxygens (including phenoxy) is 2. The van der Waals surface area contributed by atoms with Crippen LogP contribution in [0.25, 0.3) is 6.08 Å². The van der Waals surface area contributed by atoms with Crippen LogP contribution in [-0.2, 0) is 0 Å². The van der Waals surface area contributed by atoms with Crippen LogP contribution in [0.15, 0.2) is 78.9 Å². The third kappa shape index (κ3) is 5.32. The molecule has 0 aromatic heterocycles. The van der Waals surface area contributed by atoms with E-state index >= 15 is 0 Å². The largest absolute Gasteiger partial charge is 0.497 e. The second kappa shape index (κ2) is 9.37. The lowest BCUT2D eigenvalue weighted by molar-refractivity contribution is 0.102. The first kappa shape index (κ1) is 19.9. The van der Waals surface area contributed by atoms with Crippen LogP contribution in [0.5, 0.6) is 11.5 Å². The van der Waals surface area contributed by atoms with E-state index in [9.17, 15) is 9.59 Å². The molecular formula is C24H21NO4. The SMILES string of the molecule is COc1ccc(C(=O)/C=C/c2cccc(NC(=O)c3ccc(OC)cc3)c2)cc1. The van der Waals surface area contributed by atoms with E-state index in [1.165, 1.54) is 6.08 Å². The summed E-state index contributed by atoms with van der Waals surface area (Å²) in [6.07, 6.45) is 3.22. The summed E-state index contributed by atoms with van der Waals surface area (Å²) in [7, 11) is 3.16. The number of ketones is 1. The van der Waals surface area contributed by atoms with Crippen LogP contribution in [0, 0.1) is 0 Å². The first-order valence-corrected chi connectivity index (χ1v) is 9.01. The highest BCUT2D eigenvalue weighted by atomic mass is 16.5. The minimum Gasteiger partial charge on any atom is -0.497 e. The number of benzene rings is 3. The van der Waals surface area contributed by atoms with Crippen LogP contribution in [0.4, 0.5) is 5.69 Å². The lowest BCUT2D eigenvalue weighted by atomic mass is 10.1. The third-order valence-electron chi connectivity index (χ3n) is 4.30. The normalized spacial score (nSPS) is 10.6. The van der Waals surface area contributed by atoms with Gasteiger partial charge in [-0.15, -0.1) is 0 Å². The van der Waals surface area contributed by atoms with Gasteiger partial charge in [-0.25, -0.2) is 0 Å². The number of carbonyl (C=O) groups is 2. The fraction of sp³-hybridized carbons (Fsp3) is 0.0833. The van der Waals surface area contributed by atoms with Gasteiger partial charge in [0, 0.05) is 16.8 Å². The van der Waals surface area contributed by atoms with Gasteiger partial charge in [0.25, 0.3) is 5.91 Å². The zero-order chi connectivity index (χ0) is 20.6. The van der Waals surface area contributed by atoms with Crippen LogP contribution in [-0.4, -0.2) is 25.9 Å². The highest BCUT2D eigenvalue weighted by molar-refractivity contribution is 6.07. The quantitative estimate of drug-likeness (QED) is 0.465. The molecule has 0 aliphatic carbocycles. The number of anilines is 1. The first-order chi connectivity index (χ1) is 14.1. The fourth-order valence-electron chi connectivity index (χ4n) is 2.69. The molecule has 3 aromatic carbocycles. The fourth-order valence-corrected chi connectivity index (χ4v) is 2.69. The molecule has 0 unspecified atom stereocenters. The van der Waals surface area contributed by atoms with Gasteiger partial charge in [0.1, 0.15) is 11.5 Å². The Bertz CT molecular complexity index is 1020. The standard InChI is InChI=1S/C24H21NO4/c1-28-21-11-7-18(8-12-21)23(26)15-6-17-4-3-5-20(16-17)25-24(27)19-9-13-22(29-2)14-10-19/h3-16H,1-2H3,(H,25,27)/b15-6+. The van der Waals surface area contributed by atoms with E-state index in [1.54, 1.807) is 81.0 Å². The van der Waals surface area contributed by atoms with Crippen molar-refractivity contribution in [1.29, 1.82) is 0 Å². The zero-order valence-electron chi connectivity index (χ0n) is 16.2. The molecule has 0 aliphatic rings. The van der Waals surface area contributed by atoms with Crippen LogP contribution < -0.4 is 14.8 Å². The topological polar surface area (TPSA) is 64.6 Å². The van der Waals surface area contributed by atoms with E-state index < -0.39 is 0 Å². The Hall–Kier alpha value is -3.86. The van der Waals surface area contributed by atoms with Crippen molar-refractivity contribution in [2.45, 2.75) is 0 Å². The summed E-state index contributed by atoms with van der Waals surface area (Å²) >= 11 is 0. The third-order valence-corrected chi connectivity index (χ3v) is 4.30. The molecule has 3 rings (SSSR count). The molecule has 0 bridgehead atoms. The van der Waals surface area contributed by atoms with Crippen molar-refractivity contribution in [2.24, 2.45) is 0 Å². The van der Waals surface area contributed by atoms with Gasteiger partial charge in [0.05, 0.1) is 14.2 Å². The molecule has 146 valence electrons. The van der Waals surface area contributed by atoms with Gasteiger partial charge >= 0.3 is 0 Å². The van der Waals surface area contributed by atoms with Gasteiger partial charge < -0.3 is 14.8 Å². The molecule has 1 amide bonds. The molecule has 3 aromatic rings. The molecule has 29 heavy (non-hydrogen) atoms. The monoisotopic (exact) mass is 387 g/mol. The molecule has 5 nitrogen and oxygen atoms in total. The van der Waals surface area contributed by atoms with Crippen molar-refractivity contribution in [3.63, 3.8) is 0 Å². The summed E-state index contributed by atoms with van der Waals surface area (Å²) in [5, 5.41) is 2.86. The molecule has 0 atom stereocenters. The number of carbonyl (C=O) groups excluding carboxylic acids is 2. The molecule has 0 aliphatic heterocycles. The van der Waals surface area contributed by atoms with Crippen molar-refractivity contribution in [3.05, 3.63) is 95.6 Å². The number of nitrogens with one attached hydrogen (secondary N) is 1. The maximum Gasteiger partial charge on any atom is 0.255 e. The first-order valence-electron chi connectivity index (χ1n) is 9.01. The summed E-state index contributed by atoms with van der Waals surface area (Å²) in [5.74, 6) is 1.06. The number of hydrogen-bond acceptors (Lipinski definition) is 4. The Morgan fingerprint density at radius 1 is 0.793 bits per heavy atom. The number of rotatable bonds is 7. The molecule has 0 heterocycles. The molecule has 1 N–H and O–H groups in total. The van der Waals surface area contributed by atoms with Crippen molar-refractivity contribution in [3.8, 4) is 11.5 Å². The molecule has 5 heteroatoms. The predicted molar refractivity (Wildman–Crippen MR) is 114 cm³/mol. The lowest BCUT2D eigenvalue weighted by Gasteiger charge is -2.07. The molecule has 0 saturated carbocycles. The van der Waals surface area contributed by atoms with E-state index in [-0.39, 0.29) is 11.7 Å². The maximum absolute atomic E-state index is 12.4. The highest BCUT2D eigenvalue weighted by Gasteiger charge is 2.07. The number of allylic oxidation sites excluding steroid dienone is 1. The highest BCUT2D eigenvalue weighted by Crippen LogP contribution is 2.17. The Kier molecular flexibility index (Phi) is 6.43. The average molecular weight is 387 g/mol. The van der Waals surface area contributed by atoms with Crippen LogP contribution >= 0.6 is 0 Å². The van der Waals surface area contributed by atoms with Crippen molar-refractivity contribution in [1.82, 2.24) is 0 Å². The van der Waals surface area contributed by atoms with Crippen LogP contribution in [0.3, 0.4) is 0 Å². The maximum atomic E-state index is 12.4. The Morgan fingerprint density at radius 3 is 1.97 bits per heavy atom. The molecule has 0 saturated heterocycles. The Balaban J connectivity index is 1.67. The molecule has 0 radical (unpaired) electrons. The zero-order valence-corrected chi connectivity index (χ0v) is 16.2. The van der Waals surface area contributed by atoms with Gasteiger partial charge in [0.2, 0.25) is 0 Å². The lowest BCUT2D eigenvalue weighted by Crippen LogP contribution is -2.11. The van der Waals surface area contributed by atoms with Crippen molar-refractivity contribution in [2.75, 3.05) is 19.5 Å². The summed E-state index contributed by atoms with van der Waals surface area (Å²) in [5.41, 5.74) is 2.55. The van der Waals surface area contributed by atoms with Crippen molar-refractivity contribution >= 4 is 23.5 Å². The number of amides is 1. The summed E-state index contributed by atoms with van der Waals surface area (Å²) < 4.78 is 10.2. The average Bonchev–Trinajstić information content (AvgIpc) is 2.77. The summed E-state index contributed by atoms with van der Waals surface area (Å²) in [6.45, 7) is 0. The van der Waals surface area contributed by atoms with E-state index in [0.717, 1.165) is 5.56 Å². The Morgan fingerprint density at radius 2 is 1.38 bits per heavy atom. The predicted octanol–water partition coefficient (Wildman–Crippen LogP) is 4.85. The smallest absolute Gasteiger partial charge is 0.255 e. The van der Waals surface area contributed by atoms with Crippen LogP contribution in [0.2, 0.25) is 0 Å². The summed E-state index contributed by atoms with van der Waals surface area (Å²) in [6, 6.07) is 21.1.